The molecule has 2 aromatic rings. The zero-order valence-corrected chi connectivity index (χ0v) is 13.8. The fraction of sp³-hybridized carbons (Fsp3) is 0.176. The Hall–Kier alpha value is -3.80. The molecule has 0 aliphatic heterocycles. The Morgan fingerprint density at radius 3 is 2.27 bits per heavy atom. The van der Waals surface area contributed by atoms with Gasteiger partial charge in [0, 0.05) is 24.8 Å². The van der Waals surface area contributed by atoms with Crippen LogP contribution in [0.4, 0.5) is 11.5 Å². The molecule has 0 atom stereocenters. The van der Waals surface area contributed by atoms with Gasteiger partial charge in [0.05, 0.1) is 12.5 Å². The van der Waals surface area contributed by atoms with Crippen LogP contribution in [-0.4, -0.2) is 40.7 Å². The number of anilines is 2. The van der Waals surface area contributed by atoms with Gasteiger partial charge in [-0.05, 0) is 17.7 Å². The number of carboxylic acid groups (broad SMARTS) is 2. The first-order valence-electron chi connectivity index (χ1n) is 7.48. The minimum Gasteiger partial charge on any atom is -0.478 e. The van der Waals surface area contributed by atoms with Gasteiger partial charge in [-0.15, -0.1) is 0 Å². The number of aromatic nitrogens is 1. The summed E-state index contributed by atoms with van der Waals surface area (Å²) in [5, 5.41) is 27.4. The summed E-state index contributed by atoms with van der Waals surface area (Å²) in [7, 11) is 1.78. The van der Waals surface area contributed by atoms with Crippen LogP contribution >= 0.6 is 0 Å². The zero-order chi connectivity index (χ0) is 19.4. The first-order valence-corrected chi connectivity index (χ1v) is 7.48. The number of nitrogens with one attached hydrogen (secondary N) is 1. The van der Waals surface area contributed by atoms with Crippen molar-refractivity contribution < 1.29 is 19.8 Å². The van der Waals surface area contributed by atoms with E-state index >= 15 is 0 Å². The van der Waals surface area contributed by atoms with Crippen LogP contribution in [0.15, 0.2) is 29.1 Å². The molecule has 0 bridgehead atoms. The van der Waals surface area contributed by atoms with E-state index in [0.717, 1.165) is 5.69 Å². The van der Waals surface area contributed by atoms with E-state index in [1.54, 1.807) is 19.2 Å². The highest BCUT2D eigenvalue weighted by Gasteiger charge is 2.26. The summed E-state index contributed by atoms with van der Waals surface area (Å²) in [5.41, 5.74) is 4.17. The van der Waals surface area contributed by atoms with E-state index in [4.69, 9.17) is 11.0 Å². The molecule has 0 saturated carbocycles. The van der Waals surface area contributed by atoms with Crippen molar-refractivity contribution in [3.8, 4) is 17.2 Å². The second kappa shape index (κ2) is 7.40. The maximum Gasteiger partial charge on any atom is 0.342 e. The van der Waals surface area contributed by atoms with Crippen molar-refractivity contribution in [3.05, 3.63) is 45.7 Å². The molecule has 0 saturated heterocycles. The van der Waals surface area contributed by atoms with Crippen molar-refractivity contribution >= 4 is 23.4 Å². The van der Waals surface area contributed by atoms with E-state index in [1.807, 2.05) is 11.0 Å². The fourth-order valence-corrected chi connectivity index (χ4v) is 2.56. The van der Waals surface area contributed by atoms with Gasteiger partial charge in [-0.3, -0.25) is 4.79 Å². The molecule has 0 aliphatic rings. The number of nitrogens with two attached hydrogens (primary N) is 1. The van der Waals surface area contributed by atoms with Crippen LogP contribution in [-0.2, 0) is 0 Å². The highest BCUT2D eigenvalue weighted by Crippen LogP contribution is 2.30. The summed E-state index contributed by atoms with van der Waals surface area (Å²) >= 11 is 0. The third kappa shape index (κ3) is 3.49. The summed E-state index contributed by atoms with van der Waals surface area (Å²) in [6, 6.07) is 8.32. The molecule has 9 nitrogen and oxygen atoms in total. The quantitative estimate of drug-likeness (QED) is 0.603. The number of nitrogens with zero attached hydrogens (tertiary/aromatic N) is 2. The number of carboxylic acids is 2. The van der Waals surface area contributed by atoms with E-state index in [1.165, 1.54) is 12.1 Å². The van der Waals surface area contributed by atoms with Crippen LogP contribution in [0.3, 0.4) is 0 Å². The molecule has 5 N–H and O–H groups in total. The van der Waals surface area contributed by atoms with Gasteiger partial charge in [-0.1, -0.05) is 12.1 Å². The Labute approximate surface area is 147 Å². The minimum absolute atomic E-state index is 0.232. The molecule has 2 rings (SSSR count). The molecule has 26 heavy (non-hydrogen) atoms. The standard InChI is InChI=1S/C17H16N4O5/c1-21(8-2-7-18)10-5-3-9(4-6-10)11-12(16(23)24)14(19)20-15(22)13(11)17(25)26/h3-6H,2,8H2,1H3,(H,23,24)(H,25,26)(H3,19,20,22). The molecule has 0 radical (unpaired) electrons. The summed E-state index contributed by atoms with van der Waals surface area (Å²) in [6.07, 6.45) is 0.329. The predicted octanol–water partition coefficient (Wildman–Crippen LogP) is 1.37. The summed E-state index contributed by atoms with van der Waals surface area (Å²) in [4.78, 5) is 38.9. The topological polar surface area (TPSA) is 161 Å². The number of aromatic carboxylic acids is 2. The SMILES string of the molecule is CN(CCC#N)c1ccc(-c2c(C(=O)O)c(N)[nH]c(=O)c2C(=O)O)cc1. The van der Waals surface area contributed by atoms with E-state index in [9.17, 15) is 24.6 Å². The molecule has 1 aromatic heterocycles. The van der Waals surface area contributed by atoms with Crippen molar-refractivity contribution in [1.82, 2.24) is 4.98 Å². The Morgan fingerprint density at radius 1 is 1.19 bits per heavy atom. The second-order valence-electron chi connectivity index (χ2n) is 5.48. The molecule has 0 aliphatic carbocycles. The van der Waals surface area contributed by atoms with E-state index in [0.29, 0.717) is 13.0 Å². The van der Waals surface area contributed by atoms with Gasteiger partial charge in [-0.2, -0.15) is 5.26 Å². The predicted molar refractivity (Wildman–Crippen MR) is 94.3 cm³/mol. The van der Waals surface area contributed by atoms with Gasteiger partial charge in [0.25, 0.3) is 5.56 Å². The lowest BCUT2D eigenvalue weighted by Gasteiger charge is -2.18. The minimum atomic E-state index is -1.56. The average molecular weight is 356 g/mol. The molecule has 0 unspecified atom stereocenters. The monoisotopic (exact) mass is 356 g/mol. The molecular formula is C17H16N4O5. The molecule has 0 amide bonds. The van der Waals surface area contributed by atoms with Crippen LogP contribution in [0.5, 0.6) is 0 Å². The normalized spacial score (nSPS) is 10.2. The van der Waals surface area contributed by atoms with Crippen molar-refractivity contribution in [2.24, 2.45) is 0 Å². The lowest BCUT2D eigenvalue weighted by Crippen LogP contribution is -2.24. The number of nitrogen functional groups attached to an aromatic ring is 1. The highest BCUT2D eigenvalue weighted by molar-refractivity contribution is 6.07. The van der Waals surface area contributed by atoms with Crippen molar-refractivity contribution in [1.29, 1.82) is 5.26 Å². The van der Waals surface area contributed by atoms with E-state index < -0.39 is 34.4 Å². The van der Waals surface area contributed by atoms with Gasteiger partial charge in [0.15, 0.2) is 0 Å². The number of nitriles is 1. The number of hydrogen-bond donors (Lipinski definition) is 4. The van der Waals surface area contributed by atoms with Crippen molar-refractivity contribution in [2.45, 2.75) is 6.42 Å². The lowest BCUT2D eigenvalue weighted by molar-refractivity contribution is 0.0695. The number of rotatable bonds is 6. The average Bonchev–Trinajstić information content (AvgIpc) is 2.58. The van der Waals surface area contributed by atoms with Crippen LogP contribution < -0.4 is 16.2 Å². The number of benzene rings is 1. The van der Waals surface area contributed by atoms with Crippen molar-refractivity contribution in [2.75, 3.05) is 24.2 Å². The number of carbonyl (C=O) groups is 2. The molecule has 1 aromatic carbocycles. The van der Waals surface area contributed by atoms with Crippen LogP contribution in [0.25, 0.3) is 11.1 Å². The van der Waals surface area contributed by atoms with Crippen molar-refractivity contribution in [3.63, 3.8) is 0 Å². The summed E-state index contributed by atoms with van der Waals surface area (Å²) in [5.74, 6) is -3.43. The second-order valence-corrected chi connectivity index (χ2v) is 5.48. The number of H-pyrrole nitrogens is 1. The summed E-state index contributed by atoms with van der Waals surface area (Å²) < 4.78 is 0. The smallest absolute Gasteiger partial charge is 0.342 e. The first kappa shape index (κ1) is 18.5. The van der Waals surface area contributed by atoms with Gasteiger partial charge >= 0.3 is 11.9 Å². The Balaban J connectivity index is 2.64. The molecule has 0 fully saturated rings. The molecule has 134 valence electrons. The Bertz CT molecular complexity index is 957. The molecule has 0 spiro atoms. The maximum absolute atomic E-state index is 12.0. The van der Waals surface area contributed by atoms with E-state index in [2.05, 4.69) is 4.98 Å². The number of hydrogen-bond acceptors (Lipinski definition) is 6. The Kier molecular flexibility index (Phi) is 5.27. The van der Waals surface area contributed by atoms with Gasteiger partial charge in [-0.25, -0.2) is 9.59 Å². The van der Waals surface area contributed by atoms with Gasteiger partial charge in [0.1, 0.15) is 16.9 Å². The first-order chi connectivity index (χ1) is 12.3. The summed E-state index contributed by atoms with van der Waals surface area (Å²) in [6.45, 7) is 0.495. The van der Waals surface area contributed by atoms with Crippen LogP contribution in [0.2, 0.25) is 0 Å². The third-order valence-corrected chi connectivity index (χ3v) is 3.83. The van der Waals surface area contributed by atoms with Crippen LogP contribution in [0, 0.1) is 11.3 Å². The molecule has 1 heterocycles. The third-order valence-electron chi connectivity index (χ3n) is 3.83. The van der Waals surface area contributed by atoms with Crippen LogP contribution in [0.1, 0.15) is 27.1 Å². The maximum atomic E-state index is 12.0. The largest absolute Gasteiger partial charge is 0.478 e. The van der Waals surface area contributed by atoms with Gasteiger partial charge in [0.2, 0.25) is 0 Å². The molecular weight excluding hydrogens is 340 g/mol. The lowest BCUT2D eigenvalue weighted by atomic mass is 9.95. The Morgan fingerprint density at radius 2 is 1.77 bits per heavy atom. The number of pyridine rings is 1. The van der Waals surface area contributed by atoms with Gasteiger partial charge < -0.3 is 25.8 Å². The fourth-order valence-electron chi connectivity index (χ4n) is 2.56. The zero-order valence-electron chi connectivity index (χ0n) is 13.8. The van der Waals surface area contributed by atoms with E-state index in [-0.39, 0.29) is 11.1 Å². The highest BCUT2D eigenvalue weighted by atomic mass is 16.4. The number of aromatic amines is 1. The molecule has 9 heteroatoms.